The molecule has 0 bridgehead atoms. The summed E-state index contributed by atoms with van der Waals surface area (Å²) in [7, 11) is 1.77. The predicted octanol–water partition coefficient (Wildman–Crippen LogP) is 7.63. The van der Waals surface area contributed by atoms with Crippen LogP contribution < -0.4 is 5.32 Å². The van der Waals surface area contributed by atoms with Crippen LogP contribution in [0.3, 0.4) is 0 Å². The molecule has 0 saturated carbocycles. The van der Waals surface area contributed by atoms with Gasteiger partial charge in [0.1, 0.15) is 11.4 Å². The lowest BCUT2D eigenvalue weighted by molar-refractivity contribution is -0.137. The molecule has 0 spiro atoms. The van der Waals surface area contributed by atoms with Crippen molar-refractivity contribution in [3.05, 3.63) is 106 Å². The van der Waals surface area contributed by atoms with Crippen LogP contribution in [-0.4, -0.2) is 54.9 Å². The van der Waals surface area contributed by atoms with Crippen LogP contribution in [0, 0.1) is 0 Å². The van der Waals surface area contributed by atoms with E-state index >= 15 is 0 Å². The fourth-order valence-corrected chi connectivity index (χ4v) is 7.50. The van der Waals surface area contributed by atoms with E-state index in [4.69, 9.17) is 0 Å². The van der Waals surface area contributed by atoms with Gasteiger partial charge in [0, 0.05) is 48.8 Å². The van der Waals surface area contributed by atoms with Crippen LogP contribution in [-0.2, 0) is 24.4 Å². The van der Waals surface area contributed by atoms with E-state index in [1.54, 1.807) is 46.3 Å². The Balaban J connectivity index is 1.09. The molecule has 1 fully saturated rings. The second kappa shape index (κ2) is 14.0. The van der Waals surface area contributed by atoms with Crippen LogP contribution in [0.5, 0.6) is 0 Å². The van der Waals surface area contributed by atoms with Crippen LogP contribution >= 0.6 is 11.3 Å². The van der Waals surface area contributed by atoms with Gasteiger partial charge in [-0.25, -0.2) is 4.98 Å². The van der Waals surface area contributed by atoms with Crippen LogP contribution in [0.2, 0.25) is 0 Å². The van der Waals surface area contributed by atoms with Gasteiger partial charge in [0.15, 0.2) is 10.7 Å². The monoisotopic (exact) mass is 691 g/mol. The van der Waals surface area contributed by atoms with E-state index in [0.717, 1.165) is 33.2 Å². The van der Waals surface area contributed by atoms with Gasteiger partial charge < -0.3 is 14.8 Å². The first-order chi connectivity index (χ1) is 23.0. The van der Waals surface area contributed by atoms with E-state index in [-0.39, 0.29) is 23.4 Å². The van der Waals surface area contributed by atoms with Crippen molar-refractivity contribution in [2.24, 2.45) is 7.05 Å². The van der Waals surface area contributed by atoms with Crippen molar-refractivity contribution < 1.29 is 27.3 Å². The molecule has 1 aliphatic rings. The van der Waals surface area contributed by atoms with Crippen LogP contribution in [0.4, 0.5) is 19.0 Å². The SMILES string of the molecule is CC[S+]([O-])c1ccc(-c2cn(C)nc2NC(=O)c2csc(C3CCN(C(=O)c4ccccc4-c4ccc(C(F)(F)F)cc4)CC3)n2)cc1. The average molecular weight is 692 g/mol. The number of thiazole rings is 1. The van der Waals surface area contributed by atoms with Gasteiger partial charge in [-0.05, 0) is 90.1 Å². The van der Waals surface area contributed by atoms with Crippen molar-refractivity contribution in [1.29, 1.82) is 0 Å². The summed E-state index contributed by atoms with van der Waals surface area (Å²) in [6.45, 7) is 2.83. The number of hydrogen-bond acceptors (Lipinski definition) is 6. The molecule has 6 rings (SSSR count). The quantitative estimate of drug-likeness (QED) is 0.169. The highest BCUT2D eigenvalue weighted by molar-refractivity contribution is 7.91. The van der Waals surface area contributed by atoms with Crippen molar-refractivity contribution in [3.8, 4) is 22.3 Å². The summed E-state index contributed by atoms with van der Waals surface area (Å²) in [5.41, 5.74) is 2.65. The molecule has 3 heterocycles. The summed E-state index contributed by atoms with van der Waals surface area (Å²) in [4.78, 5) is 34.0. The Bertz CT molecular complexity index is 1910. The highest BCUT2D eigenvalue weighted by Crippen LogP contribution is 2.35. The van der Waals surface area contributed by atoms with Gasteiger partial charge in [-0.15, -0.1) is 11.3 Å². The molecule has 1 saturated heterocycles. The first-order valence-electron chi connectivity index (χ1n) is 15.4. The van der Waals surface area contributed by atoms with E-state index < -0.39 is 22.9 Å². The van der Waals surface area contributed by atoms with E-state index in [9.17, 15) is 27.3 Å². The molecule has 3 aromatic carbocycles. The number of nitrogens with zero attached hydrogens (tertiary/aromatic N) is 4. The van der Waals surface area contributed by atoms with Crippen molar-refractivity contribution >= 4 is 40.1 Å². The Hall–Kier alpha value is -4.46. The molecule has 248 valence electrons. The number of anilines is 1. The van der Waals surface area contributed by atoms with Gasteiger partial charge in [-0.2, -0.15) is 18.3 Å². The number of carbonyl (C=O) groups excluding carboxylic acids is 2. The fourth-order valence-electron chi connectivity index (χ4n) is 5.76. The Kier molecular flexibility index (Phi) is 9.72. The standard InChI is InChI=1S/C35H32F3N5O3S2/c1-3-48(46)26-14-10-23(11-15-26)29-20-42(2)41-31(29)40-32(44)30-21-47-33(39-30)24-16-18-43(19-17-24)34(45)28-7-5-4-6-27(28)22-8-12-25(13-9-22)35(36,37)38/h4-15,20-21,24H,3,16-19H2,1-2H3,(H,40,41,44). The summed E-state index contributed by atoms with van der Waals surface area (Å²) in [6, 6.07) is 19.1. The molecule has 0 radical (unpaired) electrons. The normalized spacial score (nSPS) is 14.6. The molecule has 2 amide bonds. The number of carbonyl (C=O) groups is 2. The Morgan fingerprint density at radius 3 is 2.29 bits per heavy atom. The highest BCUT2D eigenvalue weighted by atomic mass is 32.2. The van der Waals surface area contributed by atoms with Crippen molar-refractivity contribution in [3.63, 3.8) is 0 Å². The summed E-state index contributed by atoms with van der Waals surface area (Å²) in [5.74, 6) is 0.438. The van der Waals surface area contributed by atoms with Crippen LogP contribution in [0.15, 0.2) is 89.3 Å². The predicted molar refractivity (Wildman–Crippen MR) is 180 cm³/mol. The van der Waals surface area contributed by atoms with E-state index in [1.807, 2.05) is 37.4 Å². The molecular weight excluding hydrogens is 660 g/mol. The number of hydrogen-bond donors (Lipinski definition) is 1. The number of halogens is 3. The number of aromatic nitrogens is 3. The largest absolute Gasteiger partial charge is 0.611 e. The second-order valence-electron chi connectivity index (χ2n) is 11.4. The molecule has 0 aliphatic carbocycles. The average Bonchev–Trinajstić information content (AvgIpc) is 3.74. The molecule has 5 aromatic rings. The lowest BCUT2D eigenvalue weighted by Gasteiger charge is -2.31. The Labute approximate surface area is 282 Å². The van der Waals surface area contributed by atoms with Gasteiger partial charge in [0.05, 0.1) is 10.6 Å². The maximum atomic E-state index is 13.6. The minimum atomic E-state index is -4.44. The maximum absolute atomic E-state index is 13.6. The first-order valence-corrected chi connectivity index (χ1v) is 17.6. The Morgan fingerprint density at radius 1 is 0.979 bits per heavy atom. The number of nitrogens with one attached hydrogen (secondary N) is 1. The highest BCUT2D eigenvalue weighted by Gasteiger charge is 2.31. The number of rotatable bonds is 8. The third kappa shape index (κ3) is 7.18. The van der Waals surface area contributed by atoms with Gasteiger partial charge in [0.2, 0.25) is 0 Å². The molecular formula is C35H32F3N5O3S2. The summed E-state index contributed by atoms with van der Waals surface area (Å²) in [5, 5.41) is 9.85. The molecule has 13 heteroatoms. The zero-order valence-corrected chi connectivity index (χ0v) is 27.8. The number of benzene rings is 3. The summed E-state index contributed by atoms with van der Waals surface area (Å²) < 4.78 is 53.0. The number of likely N-dealkylation sites (tertiary alicyclic amines) is 1. The zero-order valence-electron chi connectivity index (χ0n) is 26.2. The van der Waals surface area contributed by atoms with Gasteiger partial charge >= 0.3 is 6.18 Å². The molecule has 2 aromatic heterocycles. The van der Waals surface area contributed by atoms with Gasteiger partial charge in [0.25, 0.3) is 11.8 Å². The van der Waals surface area contributed by atoms with Crippen molar-refractivity contribution in [2.75, 3.05) is 24.2 Å². The second-order valence-corrected chi connectivity index (χ2v) is 14.1. The minimum absolute atomic E-state index is 0.0725. The van der Waals surface area contributed by atoms with Gasteiger partial charge in [-0.3, -0.25) is 14.3 Å². The van der Waals surface area contributed by atoms with E-state index in [1.165, 1.54) is 23.5 Å². The minimum Gasteiger partial charge on any atom is -0.611 e. The lowest BCUT2D eigenvalue weighted by Crippen LogP contribution is -2.38. The van der Waals surface area contributed by atoms with Crippen LogP contribution in [0.25, 0.3) is 22.3 Å². The third-order valence-corrected chi connectivity index (χ3v) is 10.6. The zero-order chi connectivity index (χ0) is 34.0. The topological polar surface area (TPSA) is 103 Å². The summed E-state index contributed by atoms with van der Waals surface area (Å²) >= 11 is 0.346. The fraction of sp³-hybridized carbons (Fsp3) is 0.257. The molecule has 1 unspecified atom stereocenters. The summed E-state index contributed by atoms with van der Waals surface area (Å²) in [6.07, 6.45) is -1.31. The molecule has 48 heavy (non-hydrogen) atoms. The molecule has 1 N–H and O–H groups in total. The third-order valence-electron chi connectivity index (χ3n) is 8.32. The number of piperidine rings is 1. The van der Waals surface area contributed by atoms with Crippen molar-refractivity contribution in [1.82, 2.24) is 19.7 Å². The van der Waals surface area contributed by atoms with Gasteiger partial charge in [-0.1, -0.05) is 30.3 Å². The van der Waals surface area contributed by atoms with Crippen molar-refractivity contribution in [2.45, 2.75) is 36.8 Å². The number of amides is 2. The lowest BCUT2D eigenvalue weighted by atomic mass is 9.94. The van der Waals surface area contributed by atoms with E-state index in [2.05, 4.69) is 15.4 Å². The first kappa shape index (κ1) is 33.4. The smallest absolute Gasteiger partial charge is 0.416 e. The van der Waals surface area contributed by atoms with E-state index in [0.29, 0.717) is 54.2 Å². The Morgan fingerprint density at radius 2 is 1.62 bits per heavy atom. The maximum Gasteiger partial charge on any atom is 0.416 e. The van der Waals surface area contributed by atoms with Crippen LogP contribution in [0.1, 0.15) is 57.1 Å². The number of alkyl halides is 3. The molecule has 8 nitrogen and oxygen atoms in total. The number of aryl methyl sites for hydroxylation is 1. The molecule has 1 atom stereocenters. The molecule has 1 aliphatic heterocycles.